The summed E-state index contributed by atoms with van der Waals surface area (Å²) in [5.41, 5.74) is 2.23. The molecule has 0 radical (unpaired) electrons. The van der Waals surface area contributed by atoms with E-state index in [1.807, 2.05) is 24.3 Å². The van der Waals surface area contributed by atoms with Crippen molar-refractivity contribution in [3.05, 3.63) is 35.4 Å². The van der Waals surface area contributed by atoms with Gasteiger partial charge in [0.1, 0.15) is 0 Å². The Morgan fingerprint density at radius 3 is 2.38 bits per heavy atom. The van der Waals surface area contributed by atoms with Crippen molar-refractivity contribution in [1.82, 2.24) is 16.0 Å². The molecule has 1 aromatic rings. The molecule has 1 amide bonds. The Balaban J connectivity index is 1.93. The highest BCUT2D eigenvalue weighted by Crippen LogP contribution is 2.42. The van der Waals surface area contributed by atoms with E-state index in [1.54, 1.807) is 7.05 Å². The molecule has 0 unspecified atom stereocenters. The number of nitrogens with zero attached hydrogens (tertiary/aromatic N) is 1. The number of carbonyl (C=O) groups excluding carboxylic acids is 1. The van der Waals surface area contributed by atoms with E-state index in [0.717, 1.165) is 24.6 Å². The molecule has 1 fully saturated rings. The number of benzene rings is 1. The van der Waals surface area contributed by atoms with E-state index in [4.69, 9.17) is 0 Å². The summed E-state index contributed by atoms with van der Waals surface area (Å²) in [6, 6.07) is 7.59. The van der Waals surface area contributed by atoms with Crippen molar-refractivity contribution in [3.63, 3.8) is 0 Å². The first-order valence-electron chi connectivity index (χ1n) is 8.95. The van der Waals surface area contributed by atoms with Crippen LogP contribution in [0.5, 0.6) is 0 Å². The van der Waals surface area contributed by atoms with Gasteiger partial charge < -0.3 is 16.0 Å². The number of amides is 1. The minimum Gasteiger partial charge on any atom is -0.357 e. The maximum absolute atomic E-state index is 11.6. The van der Waals surface area contributed by atoms with Gasteiger partial charge in [0, 0.05) is 25.7 Å². The summed E-state index contributed by atoms with van der Waals surface area (Å²) in [6.07, 6.45) is 5.20. The molecule has 0 aromatic heterocycles. The third-order valence-electron chi connectivity index (χ3n) is 5.00. The normalized spacial score (nSPS) is 16.2. The highest BCUT2D eigenvalue weighted by atomic mass is 16.1. The monoisotopic (exact) mass is 330 g/mol. The molecule has 0 spiro atoms. The summed E-state index contributed by atoms with van der Waals surface area (Å²) in [6.45, 7) is 6.79. The Kier molecular flexibility index (Phi) is 6.64. The quantitative estimate of drug-likeness (QED) is 0.532. The van der Waals surface area contributed by atoms with Crippen LogP contribution in [0.2, 0.25) is 0 Å². The molecule has 1 aromatic carbocycles. The number of hydrogen-bond acceptors (Lipinski definition) is 2. The smallest absolute Gasteiger partial charge is 0.251 e. The predicted molar refractivity (Wildman–Crippen MR) is 99.2 cm³/mol. The molecule has 0 bridgehead atoms. The molecular formula is C19H30N4O. The van der Waals surface area contributed by atoms with Gasteiger partial charge in [-0.3, -0.25) is 4.79 Å². The molecule has 24 heavy (non-hydrogen) atoms. The van der Waals surface area contributed by atoms with E-state index in [1.165, 1.54) is 25.7 Å². The first-order chi connectivity index (χ1) is 11.6. The Hall–Kier alpha value is -2.04. The van der Waals surface area contributed by atoms with Crippen LogP contribution in [0.1, 0.15) is 55.5 Å². The van der Waals surface area contributed by atoms with Gasteiger partial charge in [-0.05, 0) is 49.3 Å². The van der Waals surface area contributed by atoms with Gasteiger partial charge in [0.25, 0.3) is 5.91 Å². The van der Waals surface area contributed by atoms with E-state index in [9.17, 15) is 4.79 Å². The molecule has 0 atom stereocenters. The Bertz CT molecular complexity index is 556. The fourth-order valence-corrected chi connectivity index (χ4v) is 3.02. The second-order valence-electron chi connectivity index (χ2n) is 6.53. The second kappa shape index (κ2) is 8.71. The standard InChI is InChI=1S/C19H30N4O/c1-4-19(11-6-12-19)14-23-18(21-5-2)22-13-15-7-9-16(10-8-15)17(24)20-3/h7-10H,4-6,11-14H2,1-3H3,(H,20,24)(H2,21,22,23). The van der Waals surface area contributed by atoms with E-state index in [0.29, 0.717) is 17.5 Å². The lowest BCUT2D eigenvalue weighted by molar-refractivity contribution is 0.0963. The highest BCUT2D eigenvalue weighted by molar-refractivity contribution is 5.93. The summed E-state index contributed by atoms with van der Waals surface area (Å²) >= 11 is 0. The van der Waals surface area contributed by atoms with Crippen molar-refractivity contribution in [3.8, 4) is 0 Å². The third kappa shape index (κ3) is 4.73. The maximum atomic E-state index is 11.6. The molecule has 3 N–H and O–H groups in total. The number of hydrogen-bond donors (Lipinski definition) is 3. The predicted octanol–water partition coefficient (Wildman–Crippen LogP) is 2.68. The van der Waals surface area contributed by atoms with Gasteiger partial charge in [-0.25, -0.2) is 4.99 Å². The van der Waals surface area contributed by atoms with Gasteiger partial charge in [0.2, 0.25) is 0 Å². The Morgan fingerprint density at radius 1 is 1.17 bits per heavy atom. The second-order valence-corrected chi connectivity index (χ2v) is 6.53. The number of aliphatic imine (C=N–C) groups is 1. The highest BCUT2D eigenvalue weighted by Gasteiger charge is 2.34. The minimum absolute atomic E-state index is 0.0644. The zero-order valence-corrected chi connectivity index (χ0v) is 15.1. The van der Waals surface area contributed by atoms with Crippen molar-refractivity contribution in [2.24, 2.45) is 10.4 Å². The molecule has 1 aliphatic rings. The molecule has 0 aliphatic heterocycles. The first-order valence-corrected chi connectivity index (χ1v) is 8.95. The topological polar surface area (TPSA) is 65.5 Å². The Labute approximate surface area is 145 Å². The van der Waals surface area contributed by atoms with Crippen LogP contribution in [0.15, 0.2) is 29.3 Å². The number of carbonyl (C=O) groups is 1. The number of nitrogens with one attached hydrogen (secondary N) is 3. The largest absolute Gasteiger partial charge is 0.357 e. The van der Waals surface area contributed by atoms with Crippen LogP contribution >= 0.6 is 0 Å². The van der Waals surface area contributed by atoms with Crippen LogP contribution < -0.4 is 16.0 Å². The van der Waals surface area contributed by atoms with Crippen LogP contribution in [0.4, 0.5) is 0 Å². The number of rotatable bonds is 7. The van der Waals surface area contributed by atoms with Gasteiger partial charge in [-0.1, -0.05) is 25.5 Å². The van der Waals surface area contributed by atoms with Crippen LogP contribution in [-0.2, 0) is 6.54 Å². The molecule has 1 saturated carbocycles. The van der Waals surface area contributed by atoms with Gasteiger partial charge in [-0.15, -0.1) is 0 Å². The lowest BCUT2D eigenvalue weighted by Gasteiger charge is -2.41. The van der Waals surface area contributed by atoms with Crippen molar-refractivity contribution in [2.45, 2.75) is 46.1 Å². The number of guanidine groups is 1. The molecule has 5 heteroatoms. The van der Waals surface area contributed by atoms with Gasteiger partial charge in [0.15, 0.2) is 5.96 Å². The SMILES string of the molecule is CCNC(=NCc1ccc(C(=O)NC)cc1)NCC1(CC)CCC1. The van der Waals surface area contributed by atoms with Crippen LogP contribution in [0, 0.1) is 5.41 Å². The third-order valence-corrected chi connectivity index (χ3v) is 5.00. The van der Waals surface area contributed by atoms with E-state index in [2.05, 4.69) is 34.8 Å². The van der Waals surface area contributed by atoms with Crippen molar-refractivity contribution < 1.29 is 4.79 Å². The average molecular weight is 330 g/mol. The summed E-state index contributed by atoms with van der Waals surface area (Å²) in [5, 5.41) is 9.44. The molecule has 1 aliphatic carbocycles. The van der Waals surface area contributed by atoms with E-state index >= 15 is 0 Å². The summed E-state index contributed by atoms with van der Waals surface area (Å²) in [4.78, 5) is 16.2. The zero-order chi connectivity index (χ0) is 17.4. The van der Waals surface area contributed by atoms with Gasteiger partial charge in [-0.2, -0.15) is 0 Å². The molecule has 5 nitrogen and oxygen atoms in total. The van der Waals surface area contributed by atoms with E-state index in [-0.39, 0.29) is 5.91 Å². The minimum atomic E-state index is -0.0644. The van der Waals surface area contributed by atoms with Crippen molar-refractivity contribution >= 4 is 11.9 Å². The fourth-order valence-electron chi connectivity index (χ4n) is 3.02. The lowest BCUT2D eigenvalue weighted by Crippen LogP contribution is -2.46. The maximum Gasteiger partial charge on any atom is 0.251 e. The lowest BCUT2D eigenvalue weighted by atomic mass is 9.67. The summed E-state index contributed by atoms with van der Waals surface area (Å²) in [5.74, 6) is 0.804. The summed E-state index contributed by atoms with van der Waals surface area (Å²) in [7, 11) is 1.64. The van der Waals surface area contributed by atoms with E-state index < -0.39 is 0 Å². The zero-order valence-electron chi connectivity index (χ0n) is 15.1. The molecule has 0 heterocycles. The molecule has 0 saturated heterocycles. The van der Waals surface area contributed by atoms with Gasteiger partial charge >= 0.3 is 0 Å². The van der Waals surface area contributed by atoms with Crippen LogP contribution in [0.25, 0.3) is 0 Å². The first kappa shape index (κ1) is 18.3. The Morgan fingerprint density at radius 2 is 1.88 bits per heavy atom. The van der Waals surface area contributed by atoms with Crippen LogP contribution in [0.3, 0.4) is 0 Å². The molecule has 132 valence electrons. The van der Waals surface area contributed by atoms with Crippen molar-refractivity contribution in [1.29, 1.82) is 0 Å². The molecular weight excluding hydrogens is 300 g/mol. The van der Waals surface area contributed by atoms with Crippen LogP contribution in [-0.4, -0.2) is 32.0 Å². The van der Waals surface area contributed by atoms with Gasteiger partial charge in [0.05, 0.1) is 6.54 Å². The fraction of sp³-hybridized carbons (Fsp3) is 0.579. The van der Waals surface area contributed by atoms with Crippen molar-refractivity contribution in [2.75, 3.05) is 20.1 Å². The average Bonchev–Trinajstić information content (AvgIpc) is 2.58. The summed E-state index contributed by atoms with van der Waals surface area (Å²) < 4.78 is 0. The molecule has 2 rings (SSSR count).